The summed E-state index contributed by atoms with van der Waals surface area (Å²) < 4.78 is 0. The maximum Gasteiger partial charge on any atom is 0.161 e. The van der Waals surface area contributed by atoms with E-state index in [1.807, 2.05) is 0 Å². The van der Waals surface area contributed by atoms with Crippen LogP contribution in [0.2, 0.25) is 0 Å². The largest absolute Gasteiger partial charge is 0.297 e. The molecule has 70 valence electrons. The van der Waals surface area contributed by atoms with Crippen LogP contribution in [0.15, 0.2) is 6.20 Å². The highest BCUT2D eigenvalue weighted by atomic mass is 32.1. The number of aldehydes is 1. The number of aromatic nitrogens is 1. The second-order valence-electron chi connectivity index (χ2n) is 3.26. The van der Waals surface area contributed by atoms with Gasteiger partial charge >= 0.3 is 0 Å². The molecule has 0 bridgehead atoms. The van der Waals surface area contributed by atoms with Crippen molar-refractivity contribution in [2.45, 2.75) is 19.4 Å². The first-order chi connectivity index (χ1) is 6.38. The molecule has 1 saturated heterocycles. The number of rotatable bonds is 3. The lowest BCUT2D eigenvalue weighted by atomic mass is 10.4. The molecular weight excluding hydrogens is 184 g/mol. The van der Waals surface area contributed by atoms with Gasteiger partial charge in [-0.1, -0.05) is 0 Å². The maximum absolute atomic E-state index is 10.4. The first-order valence-electron chi connectivity index (χ1n) is 4.51. The Morgan fingerprint density at radius 2 is 2.31 bits per heavy atom. The third kappa shape index (κ3) is 2.14. The van der Waals surface area contributed by atoms with Gasteiger partial charge in [-0.25, -0.2) is 4.98 Å². The molecule has 4 heteroatoms. The Hall–Kier alpha value is -0.740. The minimum absolute atomic E-state index is 0.731. The van der Waals surface area contributed by atoms with Gasteiger partial charge in [-0.15, -0.1) is 11.3 Å². The Balaban J connectivity index is 1.96. The SMILES string of the molecule is O=Cc1cnc(CN2CCCC2)s1. The predicted octanol–water partition coefficient (Wildman–Crippen LogP) is 1.55. The number of hydrogen-bond acceptors (Lipinski definition) is 4. The van der Waals surface area contributed by atoms with Gasteiger partial charge in [0.25, 0.3) is 0 Å². The molecule has 2 rings (SSSR count). The van der Waals surface area contributed by atoms with Crippen LogP contribution in [-0.4, -0.2) is 29.3 Å². The average Bonchev–Trinajstić information content (AvgIpc) is 2.76. The molecule has 0 aliphatic carbocycles. The molecule has 13 heavy (non-hydrogen) atoms. The molecule has 1 aromatic heterocycles. The molecular formula is C9H12N2OS. The van der Waals surface area contributed by atoms with Crippen LogP contribution in [0.1, 0.15) is 27.5 Å². The molecule has 0 saturated carbocycles. The first kappa shape index (κ1) is 8.84. The number of hydrogen-bond donors (Lipinski definition) is 0. The van der Waals surface area contributed by atoms with Crippen molar-refractivity contribution in [2.24, 2.45) is 0 Å². The molecule has 3 nitrogen and oxygen atoms in total. The van der Waals surface area contributed by atoms with Crippen molar-refractivity contribution in [1.29, 1.82) is 0 Å². The zero-order valence-electron chi connectivity index (χ0n) is 7.40. The monoisotopic (exact) mass is 196 g/mol. The summed E-state index contributed by atoms with van der Waals surface area (Å²) in [7, 11) is 0. The first-order valence-corrected chi connectivity index (χ1v) is 5.32. The summed E-state index contributed by atoms with van der Waals surface area (Å²) in [5, 5.41) is 1.06. The van der Waals surface area contributed by atoms with Gasteiger partial charge in [-0.2, -0.15) is 0 Å². The van der Waals surface area contributed by atoms with Gasteiger partial charge in [0.1, 0.15) is 5.01 Å². The second kappa shape index (κ2) is 3.98. The van der Waals surface area contributed by atoms with Gasteiger partial charge in [0.05, 0.1) is 11.4 Å². The normalized spacial score (nSPS) is 17.8. The predicted molar refractivity (Wildman–Crippen MR) is 52.0 cm³/mol. The van der Waals surface area contributed by atoms with Gasteiger partial charge < -0.3 is 0 Å². The van der Waals surface area contributed by atoms with Crippen molar-refractivity contribution in [3.63, 3.8) is 0 Å². The van der Waals surface area contributed by atoms with E-state index in [0.29, 0.717) is 0 Å². The number of thiazole rings is 1. The van der Waals surface area contributed by atoms with Crippen molar-refractivity contribution in [3.05, 3.63) is 16.1 Å². The van der Waals surface area contributed by atoms with Gasteiger partial charge in [0.2, 0.25) is 0 Å². The fraction of sp³-hybridized carbons (Fsp3) is 0.556. The van der Waals surface area contributed by atoms with Crippen molar-refractivity contribution in [2.75, 3.05) is 13.1 Å². The lowest BCUT2D eigenvalue weighted by Crippen LogP contribution is -2.17. The molecule has 0 spiro atoms. The second-order valence-corrected chi connectivity index (χ2v) is 4.40. The lowest BCUT2D eigenvalue weighted by molar-refractivity contribution is 0.112. The third-order valence-electron chi connectivity index (χ3n) is 2.25. The zero-order chi connectivity index (χ0) is 9.10. The average molecular weight is 196 g/mol. The lowest BCUT2D eigenvalue weighted by Gasteiger charge is -2.11. The van der Waals surface area contributed by atoms with Crippen LogP contribution in [-0.2, 0) is 6.54 Å². The summed E-state index contributed by atoms with van der Waals surface area (Å²) in [5.74, 6) is 0. The molecule has 0 amide bonds. The van der Waals surface area contributed by atoms with Gasteiger partial charge in [0.15, 0.2) is 6.29 Å². The van der Waals surface area contributed by atoms with Crippen LogP contribution >= 0.6 is 11.3 Å². The van der Waals surface area contributed by atoms with Crippen LogP contribution in [0.3, 0.4) is 0 Å². The van der Waals surface area contributed by atoms with Crippen LogP contribution in [0.5, 0.6) is 0 Å². The van der Waals surface area contributed by atoms with E-state index in [9.17, 15) is 4.79 Å². The van der Waals surface area contributed by atoms with E-state index in [4.69, 9.17) is 0 Å². The van der Waals surface area contributed by atoms with Crippen molar-refractivity contribution in [1.82, 2.24) is 9.88 Å². The highest BCUT2D eigenvalue weighted by molar-refractivity contribution is 7.13. The van der Waals surface area contributed by atoms with E-state index in [-0.39, 0.29) is 0 Å². The van der Waals surface area contributed by atoms with Crippen molar-refractivity contribution < 1.29 is 4.79 Å². The summed E-state index contributed by atoms with van der Waals surface area (Å²) in [5.41, 5.74) is 0. The summed E-state index contributed by atoms with van der Waals surface area (Å²) in [6.07, 6.45) is 5.12. The van der Waals surface area contributed by atoms with Crippen molar-refractivity contribution in [3.8, 4) is 0 Å². The van der Waals surface area contributed by atoms with Crippen LogP contribution in [0.4, 0.5) is 0 Å². The molecule has 0 atom stereocenters. The molecule has 1 fully saturated rings. The minimum atomic E-state index is 0.731. The highest BCUT2D eigenvalue weighted by Crippen LogP contribution is 2.16. The summed E-state index contributed by atoms with van der Waals surface area (Å²) in [4.78, 5) is 17.7. The molecule has 0 unspecified atom stereocenters. The smallest absolute Gasteiger partial charge is 0.161 e. The Labute approximate surface area is 81.4 Å². The third-order valence-corrected chi connectivity index (χ3v) is 3.15. The highest BCUT2D eigenvalue weighted by Gasteiger charge is 2.13. The summed E-state index contributed by atoms with van der Waals surface area (Å²) in [6, 6.07) is 0. The molecule has 1 aliphatic heterocycles. The van der Waals surface area contributed by atoms with E-state index >= 15 is 0 Å². The van der Waals surface area contributed by atoms with E-state index in [1.165, 1.54) is 37.3 Å². The number of nitrogens with zero attached hydrogens (tertiary/aromatic N) is 2. The fourth-order valence-corrected chi connectivity index (χ4v) is 2.36. The molecule has 0 aromatic carbocycles. The zero-order valence-corrected chi connectivity index (χ0v) is 8.22. The number of carbonyl (C=O) groups excluding carboxylic acids is 1. The molecule has 0 radical (unpaired) electrons. The number of likely N-dealkylation sites (tertiary alicyclic amines) is 1. The summed E-state index contributed by atoms with van der Waals surface area (Å²) in [6.45, 7) is 3.27. The Kier molecular flexibility index (Phi) is 2.71. The van der Waals surface area contributed by atoms with Crippen LogP contribution in [0, 0.1) is 0 Å². The Bertz CT molecular complexity index is 292. The fourth-order valence-electron chi connectivity index (χ4n) is 1.58. The van der Waals surface area contributed by atoms with E-state index in [2.05, 4.69) is 9.88 Å². The Morgan fingerprint density at radius 1 is 1.54 bits per heavy atom. The van der Waals surface area contributed by atoms with Gasteiger partial charge in [0, 0.05) is 6.20 Å². The quantitative estimate of drug-likeness (QED) is 0.688. The van der Waals surface area contributed by atoms with Gasteiger partial charge in [-0.05, 0) is 25.9 Å². The van der Waals surface area contributed by atoms with Gasteiger partial charge in [-0.3, -0.25) is 9.69 Å². The van der Waals surface area contributed by atoms with Crippen molar-refractivity contribution >= 4 is 17.6 Å². The molecule has 1 aliphatic rings. The topological polar surface area (TPSA) is 33.2 Å². The Morgan fingerprint density at radius 3 is 2.92 bits per heavy atom. The standard InChI is InChI=1S/C9H12N2OS/c12-7-8-5-10-9(13-8)6-11-3-1-2-4-11/h5,7H,1-4,6H2. The molecule has 1 aromatic rings. The van der Waals surface area contributed by atoms with Crippen LogP contribution < -0.4 is 0 Å². The molecule has 2 heterocycles. The number of carbonyl (C=O) groups is 1. The summed E-state index contributed by atoms with van der Waals surface area (Å²) >= 11 is 1.50. The van der Waals surface area contributed by atoms with E-state index in [1.54, 1.807) is 6.20 Å². The minimum Gasteiger partial charge on any atom is -0.297 e. The van der Waals surface area contributed by atoms with E-state index in [0.717, 1.165) is 22.7 Å². The maximum atomic E-state index is 10.4. The van der Waals surface area contributed by atoms with Crippen LogP contribution in [0.25, 0.3) is 0 Å². The molecule has 0 N–H and O–H groups in total. The van der Waals surface area contributed by atoms with E-state index < -0.39 is 0 Å².